The highest BCUT2D eigenvalue weighted by Crippen LogP contribution is 2.14. The fraction of sp³-hybridized carbons (Fsp3) is 0.923. The Kier molecular flexibility index (Phi) is 4.97. The SMILES string of the molecule is CC(N)C(=O)N1CCCN(CC2CCCO2)CC1. The largest absolute Gasteiger partial charge is 0.377 e. The van der Waals surface area contributed by atoms with Crippen molar-refractivity contribution in [1.29, 1.82) is 0 Å². The van der Waals surface area contributed by atoms with Crippen molar-refractivity contribution in [1.82, 2.24) is 9.80 Å². The quantitative estimate of drug-likeness (QED) is 0.774. The van der Waals surface area contributed by atoms with Crippen LogP contribution < -0.4 is 5.73 Å². The van der Waals surface area contributed by atoms with Gasteiger partial charge in [0.1, 0.15) is 0 Å². The molecule has 2 unspecified atom stereocenters. The third-order valence-electron chi connectivity index (χ3n) is 3.78. The van der Waals surface area contributed by atoms with Gasteiger partial charge in [0.15, 0.2) is 0 Å². The van der Waals surface area contributed by atoms with Crippen LogP contribution in [0.4, 0.5) is 0 Å². The van der Waals surface area contributed by atoms with Crippen LogP contribution in [0.5, 0.6) is 0 Å². The second-order valence-corrected chi connectivity index (χ2v) is 5.40. The maximum absolute atomic E-state index is 11.9. The van der Waals surface area contributed by atoms with Crippen molar-refractivity contribution in [2.24, 2.45) is 5.73 Å². The Balaban J connectivity index is 1.78. The molecule has 0 aliphatic carbocycles. The minimum absolute atomic E-state index is 0.0777. The summed E-state index contributed by atoms with van der Waals surface area (Å²) in [6, 6.07) is -0.380. The van der Waals surface area contributed by atoms with E-state index in [0.717, 1.165) is 45.8 Å². The maximum Gasteiger partial charge on any atom is 0.239 e. The first-order valence-corrected chi connectivity index (χ1v) is 7.05. The van der Waals surface area contributed by atoms with E-state index in [1.807, 2.05) is 4.90 Å². The zero-order chi connectivity index (χ0) is 13.0. The van der Waals surface area contributed by atoms with Crippen LogP contribution in [0.15, 0.2) is 0 Å². The van der Waals surface area contributed by atoms with Crippen LogP contribution in [-0.4, -0.2) is 67.2 Å². The van der Waals surface area contributed by atoms with Crippen LogP contribution in [0.2, 0.25) is 0 Å². The van der Waals surface area contributed by atoms with E-state index in [2.05, 4.69) is 4.90 Å². The van der Waals surface area contributed by atoms with Gasteiger partial charge in [-0.05, 0) is 32.7 Å². The Labute approximate surface area is 109 Å². The van der Waals surface area contributed by atoms with Crippen molar-refractivity contribution >= 4 is 5.91 Å². The molecule has 0 aromatic rings. The average Bonchev–Trinajstić information content (AvgIpc) is 2.73. The average molecular weight is 255 g/mol. The van der Waals surface area contributed by atoms with E-state index in [1.165, 1.54) is 12.8 Å². The van der Waals surface area contributed by atoms with Crippen LogP contribution in [0.3, 0.4) is 0 Å². The molecule has 1 amide bonds. The first-order valence-electron chi connectivity index (χ1n) is 7.05. The lowest BCUT2D eigenvalue weighted by atomic mass is 10.2. The van der Waals surface area contributed by atoms with Gasteiger partial charge in [-0.2, -0.15) is 0 Å². The van der Waals surface area contributed by atoms with Gasteiger partial charge in [-0.15, -0.1) is 0 Å². The highest BCUT2D eigenvalue weighted by atomic mass is 16.5. The minimum Gasteiger partial charge on any atom is -0.377 e. The van der Waals surface area contributed by atoms with Gasteiger partial charge in [-0.25, -0.2) is 0 Å². The van der Waals surface area contributed by atoms with E-state index in [1.54, 1.807) is 6.92 Å². The highest BCUT2D eigenvalue weighted by Gasteiger charge is 2.24. The molecule has 18 heavy (non-hydrogen) atoms. The number of rotatable bonds is 3. The monoisotopic (exact) mass is 255 g/mol. The molecule has 2 fully saturated rings. The van der Waals surface area contributed by atoms with Gasteiger partial charge in [0.25, 0.3) is 0 Å². The van der Waals surface area contributed by atoms with E-state index in [-0.39, 0.29) is 11.9 Å². The highest BCUT2D eigenvalue weighted by molar-refractivity contribution is 5.81. The predicted octanol–water partition coefficient (Wildman–Crippen LogP) is 0.0469. The lowest BCUT2D eigenvalue weighted by Gasteiger charge is -2.24. The van der Waals surface area contributed by atoms with E-state index in [4.69, 9.17) is 10.5 Å². The van der Waals surface area contributed by atoms with Crippen LogP contribution in [0.25, 0.3) is 0 Å². The summed E-state index contributed by atoms with van der Waals surface area (Å²) in [6.07, 6.45) is 3.80. The van der Waals surface area contributed by atoms with E-state index in [9.17, 15) is 4.79 Å². The summed E-state index contributed by atoms with van der Waals surface area (Å²) in [5, 5.41) is 0. The molecule has 0 spiro atoms. The molecule has 0 aromatic heterocycles. The van der Waals surface area contributed by atoms with Crippen molar-refractivity contribution in [2.75, 3.05) is 39.3 Å². The molecule has 0 aromatic carbocycles. The number of nitrogens with two attached hydrogens (primary N) is 1. The zero-order valence-electron chi connectivity index (χ0n) is 11.3. The second-order valence-electron chi connectivity index (χ2n) is 5.40. The van der Waals surface area contributed by atoms with Crippen LogP contribution in [0.1, 0.15) is 26.2 Å². The normalized spacial score (nSPS) is 28.1. The van der Waals surface area contributed by atoms with Gasteiger partial charge in [-0.3, -0.25) is 9.69 Å². The number of hydrogen-bond donors (Lipinski definition) is 1. The molecular formula is C13H25N3O2. The molecule has 0 bridgehead atoms. The molecule has 2 saturated heterocycles. The minimum atomic E-state index is -0.380. The molecule has 2 heterocycles. The standard InChI is InChI=1S/C13H25N3O2/c1-11(14)13(17)16-6-3-5-15(7-8-16)10-12-4-2-9-18-12/h11-12H,2-10,14H2,1H3. The molecule has 5 heteroatoms. The molecule has 2 aliphatic heterocycles. The summed E-state index contributed by atoms with van der Waals surface area (Å²) < 4.78 is 5.67. The van der Waals surface area contributed by atoms with Crippen molar-refractivity contribution in [3.05, 3.63) is 0 Å². The van der Waals surface area contributed by atoms with E-state index >= 15 is 0 Å². The predicted molar refractivity (Wildman–Crippen MR) is 70.3 cm³/mol. The van der Waals surface area contributed by atoms with Crippen molar-refractivity contribution in [2.45, 2.75) is 38.3 Å². The van der Waals surface area contributed by atoms with Gasteiger partial charge in [-0.1, -0.05) is 0 Å². The Morgan fingerprint density at radius 1 is 1.33 bits per heavy atom. The van der Waals surface area contributed by atoms with Gasteiger partial charge in [0.2, 0.25) is 5.91 Å². The lowest BCUT2D eigenvalue weighted by molar-refractivity contribution is -0.132. The number of carbonyl (C=O) groups is 1. The number of nitrogens with zero attached hydrogens (tertiary/aromatic N) is 2. The van der Waals surface area contributed by atoms with E-state index < -0.39 is 0 Å². The molecule has 0 radical (unpaired) electrons. The zero-order valence-corrected chi connectivity index (χ0v) is 11.3. The third-order valence-corrected chi connectivity index (χ3v) is 3.78. The molecule has 2 rings (SSSR count). The fourth-order valence-electron chi connectivity index (χ4n) is 2.74. The lowest BCUT2D eigenvalue weighted by Crippen LogP contribution is -2.44. The number of amides is 1. The molecule has 2 atom stereocenters. The summed E-state index contributed by atoms with van der Waals surface area (Å²) in [5.74, 6) is 0.0777. The summed E-state index contributed by atoms with van der Waals surface area (Å²) in [6.45, 7) is 7.32. The first-order chi connectivity index (χ1) is 8.66. The van der Waals surface area contributed by atoms with Crippen LogP contribution >= 0.6 is 0 Å². The molecule has 2 N–H and O–H groups in total. The van der Waals surface area contributed by atoms with Gasteiger partial charge in [0, 0.05) is 32.8 Å². The Morgan fingerprint density at radius 2 is 2.17 bits per heavy atom. The second kappa shape index (κ2) is 6.50. The van der Waals surface area contributed by atoms with Gasteiger partial charge < -0.3 is 15.4 Å². The summed E-state index contributed by atoms with van der Waals surface area (Å²) in [4.78, 5) is 16.2. The Morgan fingerprint density at radius 3 is 2.83 bits per heavy atom. The van der Waals surface area contributed by atoms with E-state index in [0.29, 0.717) is 6.10 Å². The van der Waals surface area contributed by atoms with Crippen molar-refractivity contribution in [3.8, 4) is 0 Å². The molecule has 0 saturated carbocycles. The number of hydrogen-bond acceptors (Lipinski definition) is 4. The number of carbonyl (C=O) groups excluding carboxylic acids is 1. The number of ether oxygens (including phenoxy) is 1. The third kappa shape index (κ3) is 3.67. The molecule has 2 aliphatic rings. The topological polar surface area (TPSA) is 58.8 Å². The summed E-state index contributed by atoms with van der Waals surface area (Å²) >= 11 is 0. The maximum atomic E-state index is 11.9. The van der Waals surface area contributed by atoms with Gasteiger partial charge in [0.05, 0.1) is 12.1 Å². The fourth-order valence-corrected chi connectivity index (χ4v) is 2.74. The molecular weight excluding hydrogens is 230 g/mol. The van der Waals surface area contributed by atoms with Crippen LogP contribution in [-0.2, 0) is 9.53 Å². The Bertz CT molecular complexity index is 277. The summed E-state index contributed by atoms with van der Waals surface area (Å²) in [5.41, 5.74) is 5.66. The smallest absolute Gasteiger partial charge is 0.239 e. The van der Waals surface area contributed by atoms with Gasteiger partial charge >= 0.3 is 0 Å². The molecule has 5 nitrogen and oxygen atoms in total. The summed E-state index contributed by atoms with van der Waals surface area (Å²) in [7, 11) is 0. The molecule has 104 valence electrons. The van der Waals surface area contributed by atoms with Crippen molar-refractivity contribution in [3.63, 3.8) is 0 Å². The van der Waals surface area contributed by atoms with Crippen molar-refractivity contribution < 1.29 is 9.53 Å². The Hall–Kier alpha value is -0.650. The first kappa shape index (κ1) is 13.8. The van der Waals surface area contributed by atoms with Crippen LogP contribution in [0, 0.1) is 0 Å².